The second kappa shape index (κ2) is 11.0. The number of nitrogens with zero attached hydrogens (tertiary/aromatic N) is 3. The molecule has 8 heteroatoms. The van der Waals surface area contributed by atoms with E-state index in [4.69, 9.17) is 14.2 Å². The lowest BCUT2D eigenvalue weighted by molar-refractivity contribution is 0.101. The average Bonchev–Trinajstić information content (AvgIpc) is 3.31. The van der Waals surface area contributed by atoms with Gasteiger partial charge in [0.1, 0.15) is 5.75 Å². The molecule has 0 saturated heterocycles. The van der Waals surface area contributed by atoms with Crippen LogP contribution in [-0.2, 0) is 5.75 Å². The highest BCUT2D eigenvalue weighted by atomic mass is 32.2. The predicted molar refractivity (Wildman–Crippen MR) is 133 cm³/mol. The van der Waals surface area contributed by atoms with Gasteiger partial charge in [-0.3, -0.25) is 9.36 Å². The number of ketones is 1. The van der Waals surface area contributed by atoms with Crippen LogP contribution < -0.4 is 14.2 Å². The molecular weight excluding hydrogens is 450 g/mol. The van der Waals surface area contributed by atoms with E-state index in [9.17, 15) is 4.79 Å². The number of hydrogen-bond donors (Lipinski definition) is 0. The van der Waals surface area contributed by atoms with E-state index in [2.05, 4.69) is 14.8 Å². The van der Waals surface area contributed by atoms with Gasteiger partial charge in [-0.2, -0.15) is 0 Å². The number of thioether (sulfide) groups is 1. The summed E-state index contributed by atoms with van der Waals surface area (Å²) in [5.74, 6) is 3.61. The zero-order valence-corrected chi connectivity index (χ0v) is 21.0. The van der Waals surface area contributed by atoms with Crippen molar-refractivity contribution in [3.05, 3.63) is 47.5 Å². The Morgan fingerprint density at radius 2 is 1.65 bits per heavy atom. The van der Waals surface area contributed by atoms with Gasteiger partial charge in [-0.25, -0.2) is 0 Å². The monoisotopic (exact) mass is 481 g/mol. The van der Waals surface area contributed by atoms with Crippen LogP contribution in [0.5, 0.6) is 17.2 Å². The van der Waals surface area contributed by atoms with E-state index in [1.165, 1.54) is 19.3 Å². The lowest BCUT2D eigenvalue weighted by Crippen LogP contribution is -2.15. The summed E-state index contributed by atoms with van der Waals surface area (Å²) in [6, 6.07) is 11.8. The Hall–Kier alpha value is -3.00. The molecule has 4 rings (SSSR count). The Bertz CT molecular complexity index is 1150. The maximum Gasteiger partial charge on any atom is 0.192 e. The molecule has 0 amide bonds. The summed E-state index contributed by atoms with van der Waals surface area (Å²) in [7, 11) is 4.92. The molecule has 1 heterocycles. The molecule has 1 aliphatic carbocycles. The highest BCUT2D eigenvalue weighted by Crippen LogP contribution is 2.39. The van der Waals surface area contributed by atoms with Gasteiger partial charge in [-0.1, -0.05) is 31.0 Å². The third-order valence-corrected chi connectivity index (χ3v) is 7.28. The first-order chi connectivity index (χ1) is 16.5. The van der Waals surface area contributed by atoms with E-state index in [0.717, 1.165) is 40.7 Å². The van der Waals surface area contributed by atoms with Crippen molar-refractivity contribution in [3.63, 3.8) is 0 Å². The summed E-state index contributed by atoms with van der Waals surface area (Å²) >= 11 is 1.62. The fourth-order valence-corrected chi connectivity index (χ4v) is 5.45. The first-order valence-corrected chi connectivity index (χ1v) is 12.5. The van der Waals surface area contributed by atoms with Crippen LogP contribution in [0.2, 0.25) is 0 Å². The highest BCUT2D eigenvalue weighted by Gasteiger charge is 2.25. The molecule has 0 spiro atoms. The number of Topliss-reactive ketones (excluding diaryl/α,β-unsaturated/α-hetero) is 1. The normalized spacial score (nSPS) is 14.1. The largest absolute Gasteiger partial charge is 0.496 e. The van der Waals surface area contributed by atoms with Gasteiger partial charge in [0.05, 0.1) is 21.3 Å². The molecule has 0 aliphatic heterocycles. The molecule has 0 N–H and O–H groups in total. The topological polar surface area (TPSA) is 75.5 Å². The van der Waals surface area contributed by atoms with Crippen LogP contribution in [0.3, 0.4) is 0 Å². The van der Waals surface area contributed by atoms with E-state index < -0.39 is 0 Å². The molecule has 0 atom stereocenters. The molecule has 0 unspecified atom stereocenters. The zero-order chi connectivity index (χ0) is 24.1. The molecule has 0 bridgehead atoms. The Morgan fingerprint density at radius 3 is 2.32 bits per heavy atom. The predicted octanol–water partition coefficient (Wildman–Crippen LogP) is 5.97. The van der Waals surface area contributed by atoms with Crippen molar-refractivity contribution < 1.29 is 19.0 Å². The minimum Gasteiger partial charge on any atom is -0.496 e. The van der Waals surface area contributed by atoms with Crippen molar-refractivity contribution in [1.82, 2.24) is 14.8 Å². The summed E-state index contributed by atoms with van der Waals surface area (Å²) in [4.78, 5) is 11.9. The summed E-state index contributed by atoms with van der Waals surface area (Å²) in [5, 5.41) is 10.1. The minimum atomic E-state index is 0.0371. The quantitative estimate of drug-likeness (QED) is 0.275. The number of aromatic nitrogens is 3. The Balaban J connectivity index is 1.69. The van der Waals surface area contributed by atoms with Gasteiger partial charge < -0.3 is 14.2 Å². The van der Waals surface area contributed by atoms with E-state index in [-0.39, 0.29) is 5.78 Å². The van der Waals surface area contributed by atoms with E-state index >= 15 is 0 Å². The van der Waals surface area contributed by atoms with Gasteiger partial charge in [0, 0.05) is 28.5 Å². The number of carbonyl (C=O) groups excluding carboxylic acids is 1. The third kappa shape index (κ3) is 5.06. The standard InChI is InChI=1S/C26H31N3O4S/c1-17(30)18-10-12-22(31-2)20(14-18)16-34-26-28-27-25(29(26)21-8-6-5-7-9-21)19-11-13-23(32-3)24(15-19)33-4/h10-15,21H,5-9,16H2,1-4H3. The molecule has 7 nitrogen and oxygen atoms in total. The molecule has 1 fully saturated rings. The maximum absolute atomic E-state index is 11.9. The van der Waals surface area contributed by atoms with Crippen molar-refractivity contribution in [2.45, 2.75) is 56.0 Å². The number of hydrogen-bond acceptors (Lipinski definition) is 7. The minimum absolute atomic E-state index is 0.0371. The molecule has 0 radical (unpaired) electrons. The van der Waals surface area contributed by atoms with Crippen LogP contribution in [-0.4, -0.2) is 41.9 Å². The maximum atomic E-state index is 11.9. The number of benzene rings is 2. The summed E-state index contributed by atoms with van der Waals surface area (Å²) < 4.78 is 18.8. The van der Waals surface area contributed by atoms with Gasteiger partial charge in [0.25, 0.3) is 0 Å². The lowest BCUT2D eigenvalue weighted by Gasteiger charge is -2.26. The number of rotatable bonds is 9. The van der Waals surface area contributed by atoms with E-state index in [1.54, 1.807) is 46.1 Å². The van der Waals surface area contributed by atoms with Crippen LogP contribution >= 0.6 is 11.8 Å². The molecule has 34 heavy (non-hydrogen) atoms. The Labute approximate surface area is 204 Å². The summed E-state index contributed by atoms with van der Waals surface area (Å²) in [6.45, 7) is 1.58. The van der Waals surface area contributed by atoms with Crippen molar-refractivity contribution in [2.75, 3.05) is 21.3 Å². The average molecular weight is 482 g/mol. The Morgan fingerprint density at radius 1 is 0.941 bits per heavy atom. The molecule has 3 aromatic rings. The van der Waals surface area contributed by atoms with Gasteiger partial charge in [-0.15, -0.1) is 10.2 Å². The van der Waals surface area contributed by atoms with Crippen molar-refractivity contribution in [1.29, 1.82) is 0 Å². The first-order valence-electron chi connectivity index (χ1n) is 11.5. The van der Waals surface area contributed by atoms with E-state index in [1.807, 2.05) is 30.3 Å². The Kier molecular flexibility index (Phi) is 7.77. The van der Waals surface area contributed by atoms with E-state index in [0.29, 0.717) is 28.9 Å². The molecular formula is C26H31N3O4S. The zero-order valence-electron chi connectivity index (χ0n) is 20.2. The second-order valence-electron chi connectivity index (χ2n) is 8.41. The van der Waals surface area contributed by atoms with Crippen LogP contribution in [0.25, 0.3) is 11.4 Å². The highest BCUT2D eigenvalue weighted by molar-refractivity contribution is 7.98. The number of ether oxygens (including phenoxy) is 3. The first kappa shape index (κ1) is 24.1. The van der Waals surface area contributed by atoms with Gasteiger partial charge in [-0.05, 0) is 56.2 Å². The van der Waals surface area contributed by atoms with Gasteiger partial charge in [0.2, 0.25) is 0 Å². The molecule has 1 aromatic heterocycles. The molecule has 2 aromatic carbocycles. The van der Waals surface area contributed by atoms with Crippen molar-refractivity contribution in [3.8, 4) is 28.6 Å². The van der Waals surface area contributed by atoms with Gasteiger partial charge >= 0.3 is 0 Å². The molecule has 1 aliphatic rings. The number of carbonyl (C=O) groups is 1. The molecule has 180 valence electrons. The number of methoxy groups -OCH3 is 3. The summed E-state index contributed by atoms with van der Waals surface area (Å²) in [5.41, 5.74) is 2.58. The fourth-order valence-electron chi connectivity index (χ4n) is 4.47. The van der Waals surface area contributed by atoms with Crippen LogP contribution in [0, 0.1) is 0 Å². The van der Waals surface area contributed by atoms with Crippen LogP contribution in [0.4, 0.5) is 0 Å². The van der Waals surface area contributed by atoms with Crippen LogP contribution in [0.1, 0.15) is 61.0 Å². The van der Waals surface area contributed by atoms with Crippen molar-refractivity contribution >= 4 is 17.5 Å². The smallest absolute Gasteiger partial charge is 0.192 e. The van der Waals surface area contributed by atoms with Crippen molar-refractivity contribution in [2.24, 2.45) is 0 Å². The summed E-state index contributed by atoms with van der Waals surface area (Å²) in [6.07, 6.45) is 5.88. The lowest BCUT2D eigenvalue weighted by atomic mass is 9.95. The van der Waals surface area contributed by atoms with Gasteiger partial charge in [0.15, 0.2) is 28.3 Å². The SMILES string of the molecule is COc1ccc(C(C)=O)cc1CSc1nnc(-c2ccc(OC)c(OC)c2)n1C1CCCCC1. The second-order valence-corrected chi connectivity index (χ2v) is 9.35. The third-order valence-electron chi connectivity index (χ3n) is 6.29. The fraction of sp³-hybridized carbons (Fsp3) is 0.423. The van der Waals surface area contributed by atoms with Crippen LogP contribution in [0.15, 0.2) is 41.6 Å². The molecule has 1 saturated carbocycles.